The minimum Gasteiger partial charge on any atom is -0.481 e. The largest absolute Gasteiger partial charge is 0.481 e. The van der Waals surface area contributed by atoms with Crippen molar-refractivity contribution < 1.29 is 98.0 Å². The molecule has 1 aliphatic rings. The standard InChI is InChI=1S/C56H92N12O20/c1-9-28(6)42(67-52(83)41(58)27(4)5)53(84)68-43(30(8)70)54(85)60-29(7)47(78)64-35(22-31-15-11-10-12-16-31)50(81)65-36(23-38(71)66-55-46(77)45(76)44(75)37(25-69)88-55)51(82)62-32(18-19-40(73)74)48(79)59-24-39(72)61-34(21-26(2)3)49(80)63-33(56(86)87)17-13-14-20-57/h10-12,15-16,26-30,32-37,41-46,55,69-70,75-77H,9,13-14,17-25,57-58H2,1-8H3,(H,59,79)(H,60,85)(H,61,72)(H,62,82)(H,63,80)(H,64,78)(H,65,81)(H,66,71)(H,67,83)(H,68,84)(H,73,74)(H,86,87)/t28-,29-,30+,32-,33-,34-,35-,36-,37+,41-,42-,43-,44+,45-,46+,55+/m0/s1. The Labute approximate surface area is 509 Å². The summed E-state index contributed by atoms with van der Waals surface area (Å²) in [5, 5.41) is 94.8. The molecule has 1 aliphatic heterocycles. The van der Waals surface area contributed by atoms with Gasteiger partial charge in [0.2, 0.25) is 59.1 Å². The molecule has 0 aliphatic carbocycles. The van der Waals surface area contributed by atoms with Gasteiger partial charge >= 0.3 is 11.9 Å². The van der Waals surface area contributed by atoms with Crippen LogP contribution in [0.2, 0.25) is 0 Å². The SMILES string of the molecule is CC[C@H](C)[C@H](NC(=O)[C@@H](N)C(C)C)C(=O)N[C@H](C(=O)N[C@@H](C)C(=O)N[C@@H](Cc1ccccc1)C(=O)N[C@@H](CC(=O)N[C@@H]1O[C@H](CO)[C@@H](O)[C@H](O)[C@H]1O)C(=O)N[C@@H](CCC(=O)O)C(=O)NCC(=O)N[C@@H](CC(C)C)C(=O)N[C@@H](CCCCN)C(=O)O)[C@@H](C)O. The van der Waals surface area contributed by atoms with E-state index in [1.807, 2.05) is 0 Å². The van der Waals surface area contributed by atoms with Gasteiger partial charge in [0, 0.05) is 12.8 Å². The highest BCUT2D eigenvalue weighted by Gasteiger charge is 2.45. The van der Waals surface area contributed by atoms with Gasteiger partial charge in [0.05, 0.1) is 31.7 Å². The summed E-state index contributed by atoms with van der Waals surface area (Å²) in [5.41, 5.74) is 11.9. The number of benzene rings is 1. The van der Waals surface area contributed by atoms with Crippen LogP contribution in [0, 0.1) is 17.8 Å². The van der Waals surface area contributed by atoms with Crippen LogP contribution in [0.3, 0.4) is 0 Å². The summed E-state index contributed by atoms with van der Waals surface area (Å²) < 4.78 is 5.37. The molecule has 1 aromatic rings. The first-order chi connectivity index (χ1) is 41.3. The molecule has 88 heavy (non-hydrogen) atoms. The molecule has 1 fully saturated rings. The Morgan fingerprint density at radius 2 is 1.17 bits per heavy atom. The fraction of sp³-hybridized carbons (Fsp3) is 0.679. The number of hydrogen-bond acceptors (Lipinski definition) is 20. The van der Waals surface area contributed by atoms with Crippen molar-refractivity contribution in [3.63, 3.8) is 0 Å². The maximum absolute atomic E-state index is 14.6. The van der Waals surface area contributed by atoms with Gasteiger partial charge in [-0.2, -0.15) is 0 Å². The van der Waals surface area contributed by atoms with Gasteiger partial charge < -0.3 is 105 Å². The number of nitrogens with one attached hydrogen (secondary N) is 10. The number of amides is 10. The second kappa shape index (κ2) is 38.1. The van der Waals surface area contributed by atoms with E-state index < -0.39 is 200 Å². The molecule has 0 aromatic heterocycles. The quantitative estimate of drug-likeness (QED) is 0.0274. The van der Waals surface area contributed by atoms with Crippen molar-refractivity contribution in [2.75, 3.05) is 19.7 Å². The van der Waals surface area contributed by atoms with E-state index in [0.29, 0.717) is 24.8 Å². The Bertz CT molecular complexity index is 2510. The average molecular weight is 1250 g/mol. The molecule has 16 atom stereocenters. The molecule has 1 heterocycles. The number of ether oxygens (including phenoxy) is 1. The van der Waals surface area contributed by atoms with Gasteiger partial charge in [-0.25, -0.2) is 4.79 Å². The first-order valence-corrected chi connectivity index (χ1v) is 29.2. The maximum atomic E-state index is 14.6. The van der Waals surface area contributed by atoms with E-state index in [0.717, 1.165) is 0 Å². The lowest BCUT2D eigenvalue weighted by Gasteiger charge is -2.40. The van der Waals surface area contributed by atoms with Crippen molar-refractivity contribution >= 4 is 71.0 Å². The number of aliphatic carboxylic acids is 2. The molecule has 0 saturated carbocycles. The number of carboxylic acids is 2. The highest BCUT2D eigenvalue weighted by Crippen LogP contribution is 2.20. The zero-order chi connectivity index (χ0) is 66.7. The Hall–Kier alpha value is -7.46. The van der Waals surface area contributed by atoms with E-state index in [-0.39, 0.29) is 37.6 Å². The van der Waals surface area contributed by atoms with E-state index >= 15 is 0 Å². The minimum absolute atomic E-state index is 0.0182. The Morgan fingerprint density at radius 1 is 0.602 bits per heavy atom. The average Bonchev–Trinajstić information content (AvgIpc) is 2.67. The van der Waals surface area contributed by atoms with Crippen LogP contribution in [0.1, 0.15) is 112 Å². The monoisotopic (exact) mass is 1250 g/mol. The van der Waals surface area contributed by atoms with Crippen LogP contribution in [-0.2, 0) is 68.7 Å². The molecule has 496 valence electrons. The van der Waals surface area contributed by atoms with Crippen molar-refractivity contribution in [1.29, 1.82) is 0 Å². The fourth-order valence-corrected chi connectivity index (χ4v) is 8.80. The Balaban J connectivity index is 2.54. The molecule has 0 spiro atoms. The van der Waals surface area contributed by atoms with Gasteiger partial charge in [-0.05, 0) is 75.8 Å². The Morgan fingerprint density at radius 3 is 1.73 bits per heavy atom. The van der Waals surface area contributed by atoms with Crippen LogP contribution in [0.15, 0.2) is 30.3 Å². The number of aliphatic hydroxyl groups excluding tert-OH is 5. The number of carbonyl (C=O) groups excluding carboxylic acids is 10. The van der Waals surface area contributed by atoms with Crippen LogP contribution >= 0.6 is 0 Å². The minimum atomic E-state index is -2.10. The van der Waals surface area contributed by atoms with Gasteiger partial charge in [0.15, 0.2) is 6.23 Å². The third kappa shape index (κ3) is 25.7. The third-order valence-corrected chi connectivity index (χ3v) is 14.4. The van der Waals surface area contributed by atoms with Crippen molar-refractivity contribution in [3.8, 4) is 0 Å². The van der Waals surface area contributed by atoms with Gasteiger partial charge in [0.25, 0.3) is 0 Å². The molecule has 0 unspecified atom stereocenters. The van der Waals surface area contributed by atoms with Crippen molar-refractivity contribution in [3.05, 3.63) is 35.9 Å². The van der Waals surface area contributed by atoms with E-state index in [9.17, 15) is 93.3 Å². The summed E-state index contributed by atoms with van der Waals surface area (Å²) in [6, 6.07) is -5.79. The zero-order valence-electron chi connectivity index (χ0n) is 50.9. The van der Waals surface area contributed by atoms with E-state index in [2.05, 4.69) is 53.2 Å². The molecule has 32 nitrogen and oxygen atoms in total. The third-order valence-electron chi connectivity index (χ3n) is 14.4. The summed E-state index contributed by atoms with van der Waals surface area (Å²) in [6.07, 6.45) is -12.4. The second-order valence-corrected chi connectivity index (χ2v) is 22.6. The summed E-state index contributed by atoms with van der Waals surface area (Å²) in [5.74, 6) is -14.2. The van der Waals surface area contributed by atoms with E-state index in [1.54, 1.807) is 71.9 Å². The van der Waals surface area contributed by atoms with E-state index in [4.69, 9.17) is 16.2 Å². The van der Waals surface area contributed by atoms with Crippen LogP contribution < -0.4 is 64.6 Å². The lowest BCUT2D eigenvalue weighted by molar-refractivity contribution is -0.236. The molecular weight excluding hydrogens is 1160 g/mol. The van der Waals surface area contributed by atoms with Gasteiger partial charge in [-0.15, -0.1) is 0 Å². The van der Waals surface area contributed by atoms with Gasteiger partial charge in [0.1, 0.15) is 72.8 Å². The number of carbonyl (C=O) groups is 12. The molecule has 2 rings (SSSR count). The second-order valence-electron chi connectivity index (χ2n) is 22.6. The number of nitrogens with two attached hydrogens (primary N) is 2. The van der Waals surface area contributed by atoms with Crippen molar-refractivity contribution in [1.82, 2.24) is 53.2 Å². The first kappa shape index (κ1) is 76.6. The molecule has 1 saturated heterocycles. The van der Waals surface area contributed by atoms with E-state index in [1.165, 1.54) is 13.8 Å². The predicted molar refractivity (Wildman–Crippen MR) is 312 cm³/mol. The zero-order valence-corrected chi connectivity index (χ0v) is 50.9. The maximum Gasteiger partial charge on any atom is 0.326 e. The number of aliphatic hydroxyl groups is 5. The van der Waals surface area contributed by atoms with Crippen LogP contribution in [0.4, 0.5) is 0 Å². The lowest BCUT2D eigenvalue weighted by Crippen LogP contribution is -2.64. The fourth-order valence-electron chi connectivity index (χ4n) is 8.80. The molecule has 32 heteroatoms. The highest BCUT2D eigenvalue weighted by molar-refractivity contribution is 5.99. The van der Waals surface area contributed by atoms with Crippen LogP contribution in [0.5, 0.6) is 0 Å². The molecule has 21 N–H and O–H groups in total. The normalized spacial score (nSPS) is 20.3. The lowest BCUT2D eigenvalue weighted by atomic mass is 9.96. The summed E-state index contributed by atoms with van der Waals surface area (Å²) in [7, 11) is 0. The Kier molecular flexibility index (Phi) is 33.1. The molecule has 1 aromatic carbocycles. The summed E-state index contributed by atoms with van der Waals surface area (Å²) >= 11 is 0. The smallest absolute Gasteiger partial charge is 0.326 e. The van der Waals surface area contributed by atoms with Crippen LogP contribution in [-0.4, -0.2) is 218 Å². The topological polar surface area (TPSA) is 528 Å². The first-order valence-electron chi connectivity index (χ1n) is 29.2. The van der Waals surface area contributed by atoms with Gasteiger partial charge in [-0.1, -0.05) is 78.3 Å². The number of hydrogen-bond donors (Lipinski definition) is 19. The highest BCUT2D eigenvalue weighted by atomic mass is 16.6. The number of unbranched alkanes of at least 4 members (excludes halogenated alkanes) is 1. The number of carboxylic acid groups (broad SMARTS) is 2. The van der Waals surface area contributed by atoms with Crippen LogP contribution in [0.25, 0.3) is 0 Å². The van der Waals surface area contributed by atoms with Crippen molar-refractivity contribution in [2.24, 2.45) is 29.2 Å². The van der Waals surface area contributed by atoms with Gasteiger partial charge in [-0.3, -0.25) is 52.7 Å². The molecule has 0 radical (unpaired) electrons. The number of rotatable bonds is 38. The molecule has 0 bridgehead atoms. The summed E-state index contributed by atoms with van der Waals surface area (Å²) in [4.78, 5) is 161. The predicted octanol–water partition coefficient (Wildman–Crippen LogP) is -5.92. The van der Waals surface area contributed by atoms with Crippen molar-refractivity contribution in [2.45, 2.75) is 204 Å². The summed E-state index contributed by atoms with van der Waals surface area (Å²) in [6.45, 7) is 11.1. The molecule has 10 amide bonds. The molecular formula is C56H92N12O20.